The van der Waals surface area contributed by atoms with E-state index < -0.39 is 9.84 Å². The van der Waals surface area contributed by atoms with E-state index in [9.17, 15) is 13.2 Å². The van der Waals surface area contributed by atoms with Gasteiger partial charge in [0.15, 0.2) is 5.43 Å². The lowest BCUT2D eigenvalue weighted by molar-refractivity contribution is 0.595. The first-order valence-electron chi connectivity index (χ1n) is 11.9. The minimum atomic E-state index is -3.87. The Balaban J connectivity index is 1.73. The van der Waals surface area contributed by atoms with Crippen molar-refractivity contribution in [1.29, 1.82) is 0 Å². The smallest absolute Gasteiger partial charge is 0.210 e. The van der Waals surface area contributed by atoms with E-state index in [0.29, 0.717) is 27.7 Å². The maximum atomic E-state index is 14.2. The van der Waals surface area contributed by atoms with Gasteiger partial charge in [0.25, 0.3) is 0 Å². The first-order chi connectivity index (χ1) is 18.1. The topological polar surface area (TPSA) is 59.4 Å². The number of para-hydroxylation sites is 4. The van der Waals surface area contributed by atoms with E-state index in [-0.39, 0.29) is 15.2 Å². The maximum Gasteiger partial charge on any atom is 0.210 e. The van der Waals surface area contributed by atoms with Crippen molar-refractivity contribution in [3.05, 3.63) is 132 Å². The molecule has 2 heterocycles. The predicted molar refractivity (Wildman–Crippen MR) is 147 cm³/mol. The molecule has 0 atom stereocenters. The maximum absolute atomic E-state index is 14.2. The van der Waals surface area contributed by atoms with Gasteiger partial charge in [0.05, 0.1) is 37.6 Å². The molecule has 178 valence electrons. The Kier molecular flexibility index (Phi) is 4.62. The molecule has 1 aliphatic rings. The van der Waals surface area contributed by atoms with Crippen LogP contribution >= 0.6 is 0 Å². The van der Waals surface area contributed by atoms with Gasteiger partial charge in [-0.15, -0.1) is 0 Å². The number of sulfone groups is 1. The number of hydrogen-bond acceptors (Lipinski definition) is 4. The fourth-order valence-corrected chi connectivity index (χ4v) is 6.97. The van der Waals surface area contributed by atoms with Crippen molar-refractivity contribution in [2.75, 3.05) is 4.90 Å². The van der Waals surface area contributed by atoms with Crippen LogP contribution in [0.4, 0.5) is 17.1 Å². The predicted octanol–water partition coefficient (Wildman–Crippen LogP) is 6.76. The highest BCUT2D eigenvalue weighted by molar-refractivity contribution is 7.92. The zero-order valence-corrected chi connectivity index (χ0v) is 20.4. The van der Waals surface area contributed by atoms with Crippen molar-refractivity contribution in [2.45, 2.75) is 9.79 Å². The molecule has 0 amide bonds. The van der Waals surface area contributed by atoms with Crippen molar-refractivity contribution in [1.82, 2.24) is 4.57 Å². The van der Waals surface area contributed by atoms with Crippen LogP contribution in [0, 0.1) is 0 Å². The summed E-state index contributed by atoms with van der Waals surface area (Å²) in [4.78, 5) is 16.4. The molecule has 0 aliphatic carbocycles. The molecule has 0 bridgehead atoms. The Bertz CT molecular complexity index is 2020. The highest BCUT2D eigenvalue weighted by atomic mass is 32.2. The van der Waals surface area contributed by atoms with E-state index in [4.69, 9.17) is 0 Å². The van der Waals surface area contributed by atoms with Gasteiger partial charge in [-0.05, 0) is 60.7 Å². The third kappa shape index (κ3) is 3.03. The largest absolute Gasteiger partial charge is 0.309 e. The second-order valence-corrected chi connectivity index (χ2v) is 10.9. The highest BCUT2D eigenvalue weighted by Crippen LogP contribution is 2.50. The van der Waals surface area contributed by atoms with Gasteiger partial charge in [0.2, 0.25) is 9.84 Å². The molecular formula is C31H20N2O3S. The number of pyridine rings is 1. The molecular weight excluding hydrogens is 480 g/mol. The molecule has 1 aromatic heterocycles. The van der Waals surface area contributed by atoms with Crippen LogP contribution in [0.15, 0.2) is 136 Å². The third-order valence-electron chi connectivity index (χ3n) is 6.91. The fourth-order valence-electron chi connectivity index (χ4n) is 5.34. The van der Waals surface area contributed by atoms with Crippen LogP contribution < -0.4 is 10.3 Å². The number of fused-ring (bicyclic) bond motifs is 5. The van der Waals surface area contributed by atoms with Crippen LogP contribution in [0.3, 0.4) is 0 Å². The number of benzene rings is 5. The summed E-state index contributed by atoms with van der Waals surface area (Å²) in [5.41, 5.74) is 3.76. The lowest BCUT2D eigenvalue weighted by atomic mass is 10.0. The van der Waals surface area contributed by atoms with Crippen LogP contribution in [0.1, 0.15) is 0 Å². The number of anilines is 3. The average molecular weight is 501 g/mol. The molecule has 0 N–H and O–H groups in total. The lowest BCUT2D eigenvalue weighted by Gasteiger charge is -2.34. The van der Waals surface area contributed by atoms with Gasteiger partial charge in [0.1, 0.15) is 0 Å². The lowest BCUT2D eigenvalue weighted by Crippen LogP contribution is -2.25. The normalized spacial score (nSPS) is 13.9. The zero-order valence-electron chi connectivity index (χ0n) is 19.6. The molecule has 6 aromatic rings. The van der Waals surface area contributed by atoms with Crippen molar-refractivity contribution < 1.29 is 8.42 Å². The molecule has 5 nitrogen and oxygen atoms in total. The number of hydrogen-bond donors (Lipinski definition) is 0. The second kappa shape index (κ2) is 7.91. The number of rotatable bonds is 2. The monoisotopic (exact) mass is 500 g/mol. The summed E-state index contributed by atoms with van der Waals surface area (Å²) >= 11 is 0. The molecule has 0 spiro atoms. The molecule has 0 unspecified atom stereocenters. The summed E-state index contributed by atoms with van der Waals surface area (Å²) in [5.74, 6) is 0. The molecule has 0 fully saturated rings. The summed E-state index contributed by atoms with van der Waals surface area (Å²) in [6.45, 7) is 0. The number of aromatic nitrogens is 1. The van der Waals surface area contributed by atoms with Gasteiger partial charge in [-0.1, -0.05) is 60.7 Å². The minimum Gasteiger partial charge on any atom is -0.309 e. The van der Waals surface area contributed by atoms with Crippen molar-refractivity contribution in [3.63, 3.8) is 0 Å². The summed E-state index contributed by atoms with van der Waals surface area (Å²) in [6.07, 6.45) is 0. The Hall–Kier alpha value is -4.68. The SMILES string of the molecule is O=c1c2ccccc2n(-c2ccccc2)c2ccc3c(c12)N(c1ccccc1)c1ccccc1S3(=O)=O. The van der Waals surface area contributed by atoms with E-state index in [0.717, 1.165) is 16.9 Å². The quantitative estimate of drug-likeness (QED) is 0.246. The van der Waals surface area contributed by atoms with Gasteiger partial charge in [-0.25, -0.2) is 8.42 Å². The van der Waals surface area contributed by atoms with Crippen molar-refractivity contribution in [3.8, 4) is 5.69 Å². The van der Waals surface area contributed by atoms with E-state index in [1.807, 2.05) is 94.4 Å². The zero-order chi connectivity index (χ0) is 25.1. The van der Waals surface area contributed by atoms with Gasteiger partial charge in [-0.3, -0.25) is 4.79 Å². The molecule has 5 aromatic carbocycles. The van der Waals surface area contributed by atoms with Crippen LogP contribution in [-0.4, -0.2) is 13.0 Å². The summed E-state index contributed by atoms with van der Waals surface area (Å²) < 4.78 is 29.9. The van der Waals surface area contributed by atoms with Crippen molar-refractivity contribution >= 4 is 48.7 Å². The van der Waals surface area contributed by atoms with Gasteiger partial charge in [-0.2, -0.15) is 0 Å². The molecule has 0 saturated heterocycles. The van der Waals surface area contributed by atoms with Gasteiger partial charge >= 0.3 is 0 Å². The van der Waals surface area contributed by atoms with E-state index >= 15 is 0 Å². The average Bonchev–Trinajstić information content (AvgIpc) is 2.94. The van der Waals surface area contributed by atoms with Crippen LogP contribution in [-0.2, 0) is 9.84 Å². The fraction of sp³-hybridized carbons (Fsp3) is 0. The standard InChI is InChI=1S/C31H20N2O3S/c34-31-23-15-7-8-16-24(23)32(21-11-3-1-4-12-21)26-19-20-28-30(29(26)31)33(22-13-5-2-6-14-22)25-17-9-10-18-27(25)37(28,35)36/h1-20H. The Morgan fingerprint density at radius 2 is 1.16 bits per heavy atom. The van der Waals surface area contributed by atoms with E-state index in [1.54, 1.807) is 36.4 Å². The summed E-state index contributed by atoms with van der Waals surface area (Å²) in [7, 11) is -3.87. The molecule has 0 saturated carbocycles. The van der Waals surface area contributed by atoms with Crippen LogP contribution in [0.5, 0.6) is 0 Å². The Morgan fingerprint density at radius 3 is 1.92 bits per heavy atom. The minimum absolute atomic E-state index is 0.120. The number of nitrogens with zero attached hydrogens (tertiary/aromatic N) is 2. The first-order valence-corrected chi connectivity index (χ1v) is 13.4. The second-order valence-electron chi connectivity index (χ2n) is 8.97. The highest BCUT2D eigenvalue weighted by Gasteiger charge is 2.37. The molecule has 1 aliphatic heterocycles. The Labute approximate surface area is 213 Å². The third-order valence-corrected chi connectivity index (χ3v) is 8.75. The van der Waals surface area contributed by atoms with Crippen LogP contribution in [0.2, 0.25) is 0 Å². The molecule has 37 heavy (non-hydrogen) atoms. The molecule has 6 heteroatoms. The summed E-state index contributed by atoms with van der Waals surface area (Å²) in [6, 6.07) is 37.2. The summed E-state index contributed by atoms with van der Waals surface area (Å²) in [5, 5.41) is 0.888. The van der Waals surface area contributed by atoms with Gasteiger partial charge < -0.3 is 9.47 Å². The van der Waals surface area contributed by atoms with Crippen molar-refractivity contribution in [2.24, 2.45) is 0 Å². The molecule has 7 rings (SSSR count). The van der Waals surface area contributed by atoms with E-state index in [2.05, 4.69) is 0 Å². The van der Waals surface area contributed by atoms with Crippen LogP contribution in [0.25, 0.3) is 27.5 Å². The Morgan fingerprint density at radius 1 is 0.541 bits per heavy atom. The van der Waals surface area contributed by atoms with Gasteiger partial charge in [0, 0.05) is 16.8 Å². The first kappa shape index (κ1) is 21.6. The molecule has 0 radical (unpaired) electrons. The van der Waals surface area contributed by atoms with E-state index in [1.165, 1.54) is 0 Å².